The maximum atomic E-state index is 11.9. The van der Waals surface area contributed by atoms with Gasteiger partial charge < -0.3 is 10.4 Å². The third-order valence-corrected chi connectivity index (χ3v) is 1.52. The molecule has 0 saturated heterocycles. The number of carboxylic acids is 1. The van der Waals surface area contributed by atoms with E-state index in [0.29, 0.717) is 0 Å². The molecule has 1 aromatic heterocycles. The standard InChI is InChI=1S/C8H5F3N2O3/c9-8(10,11)7(16)13-4-2-1-3-12-5(4)6(14)15/h1-3H,(H,13,16)(H,14,15). The molecule has 0 saturated carbocycles. The first-order valence-corrected chi connectivity index (χ1v) is 3.89. The van der Waals surface area contributed by atoms with Gasteiger partial charge >= 0.3 is 18.1 Å². The number of hydrogen-bond acceptors (Lipinski definition) is 3. The lowest BCUT2D eigenvalue weighted by Gasteiger charge is -2.09. The maximum Gasteiger partial charge on any atom is 0.471 e. The molecule has 0 radical (unpaired) electrons. The summed E-state index contributed by atoms with van der Waals surface area (Å²) in [6, 6.07) is 2.22. The Morgan fingerprint density at radius 2 is 2.00 bits per heavy atom. The maximum absolute atomic E-state index is 11.9. The highest BCUT2D eigenvalue weighted by molar-refractivity contribution is 6.00. The van der Waals surface area contributed by atoms with E-state index >= 15 is 0 Å². The van der Waals surface area contributed by atoms with Gasteiger partial charge in [-0.15, -0.1) is 0 Å². The van der Waals surface area contributed by atoms with Crippen LogP contribution in [0.4, 0.5) is 18.9 Å². The lowest BCUT2D eigenvalue weighted by atomic mass is 10.3. The van der Waals surface area contributed by atoms with Crippen LogP contribution in [0.5, 0.6) is 0 Å². The second kappa shape index (κ2) is 4.17. The predicted octanol–water partition coefficient (Wildman–Crippen LogP) is 1.28. The van der Waals surface area contributed by atoms with E-state index < -0.39 is 29.4 Å². The van der Waals surface area contributed by atoms with Crippen LogP contribution in [-0.4, -0.2) is 28.1 Å². The SMILES string of the molecule is O=C(O)c1ncccc1NC(=O)C(F)(F)F. The minimum absolute atomic E-state index is 0.502. The Labute approximate surface area is 86.9 Å². The van der Waals surface area contributed by atoms with Gasteiger partial charge in [0.2, 0.25) is 0 Å². The smallest absolute Gasteiger partial charge is 0.471 e. The van der Waals surface area contributed by atoms with E-state index in [-0.39, 0.29) is 0 Å². The molecule has 2 N–H and O–H groups in total. The number of nitrogens with zero attached hydrogens (tertiary/aromatic N) is 1. The molecule has 0 aliphatic rings. The molecule has 86 valence electrons. The van der Waals surface area contributed by atoms with Crippen LogP contribution in [0.1, 0.15) is 10.5 Å². The zero-order chi connectivity index (χ0) is 12.3. The van der Waals surface area contributed by atoms with Gasteiger partial charge in [-0.3, -0.25) is 4.79 Å². The Morgan fingerprint density at radius 1 is 1.38 bits per heavy atom. The van der Waals surface area contributed by atoms with Crippen LogP contribution in [0.25, 0.3) is 0 Å². The third kappa shape index (κ3) is 2.69. The number of aromatic carboxylic acids is 1. The summed E-state index contributed by atoms with van der Waals surface area (Å²) < 4.78 is 35.7. The highest BCUT2D eigenvalue weighted by Crippen LogP contribution is 2.19. The molecule has 1 heterocycles. The van der Waals surface area contributed by atoms with Crippen LogP contribution in [-0.2, 0) is 4.79 Å². The number of rotatable bonds is 2. The molecule has 0 unspecified atom stereocenters. The quantitative estimate of drug-likeness (QED) is 0.807. The molecule has 1 amide bonds. The topological polar surface area (TPSA) is 79.3 Å². The molecule has 16 heavy (non-hydrogen) atoms. The molecule has 0 spiro atoms. The fourth-order valence-electron chi connectivity index (χ4n) is 0.870. The normalized spacial score (nSPS) is 10.9. The van der Waals surface area contributed by atoms with Crippen LogP contribution >= 0.6 is 0 Å². The van der Waals surface area contributed by atoms with E-state index in [0.717, 1.165) is 12.3 Å². The second-order valence-corrected chi connectivity index (χ2v) is 2.66. The van der Waals surface area contributed by atoms with Crippen LogP contribution in [0.2, 0.25) is 0 Å². The lowest BCUT2D eigenvalue weighted by Crippen LogP contribution is -2.30. The van der Waals surface area contributed by atoms with Gasteiger partial charge in [-0.05, 0) is 12.1 Å². The molecule has 5 nitrogen and oxygen atoms in total. The molecule has 0 atom stereocenters. The van der Waals surface area contributed by atoms with Gasteiger partial charge in [0, 0.05) is 6.20 Å². The third-order valence-electron chi connectivity index (χ3n) is 1.52. The Morgan fingerprint density at radius 3 is 2.50 bits per heavy atom. The molecule has 0 aliphatic heterocycles. The molecule has 0 aromatic carbocycles. The Hall–Kier alpha value is -2.12. The number of carbonyl (C=O) groups excluding carboxylic acids is 1. The molecule has 0 bridgehead atoms. The average molecular weight is 234 g/mol. The van der Waals surface area contributed by atoms with Crippen molar-refractivity contribution in [2.45, 2.75) is 6.18 Å². The van der Waals surface area contributed by atoms with E-state index in [4.69, 9.17) is 5.11 Å². The number of pyridine rings is 1. The zero-order valence-corrected chi connectivity index (χ0v) is 7.58. The average Bonchev–Trinajstić information content (AvgIpc) is 2.16. The van der Waals surface area contributed by atoms with Crippen molar-refractivity contribution in [1.29, 1.82) is 0 Å². The number of aromatic nitrogens is 1. The van der Waals surface area contributed by atoms with Gasteiger partial charge in [-0.2, -0.15) is 13.2 Å². The fraction of sp³-hybridized carbons (Fsp3) is 0.125. The lowest BCUT2D eigenvalue weighted by molar-refractivity contribution is -0.167. The van der Waals surface area contributed by atoms with Crippen LogP contribution in [0, 0.1) is 0 Å². The Kier molecular flexibility index (Phi) is 3.11. The van der Waals surface area contributed by atoms with Crippen molar-refractivity contribution >= 4 is 17.6 Å². The molecular weight excluding hydrogens is 229 g/mol. The first kappa shape index (κ1) is 12.0. The van der Waals surface area contributed by atoms with Crippen molar-refractivity contribution in [2.24, 2.45) is 0 Å². The summed E-state index contributed by atoms with van der Waals surface area (Å²) >= 11 is 0. The van der Waals surface area contributed by atoms with E-state index in [9.17, 15) is 22.8 Å². The summed E-state index contributed by atoms with van der Waals surface area (Å²) in [4.78, 5) is 24.4. The monoisotopic (exact) mass is 234 g/mol. The molecule has 0 fully saturated rings. The van der Waals surface area contributed by atoms with Gasteiger partial charge in [0.1, 0.15) is 0 Å². The predicted molar refractivity (Wildman–Crippen MR) is 45.9 cm³/mol. The largest absolute Gasteiger partial charge is 0.476 e. The number of carbonyl (C=O) groups is 2. The number of alkyl halides is 3. The second-order valence-electron chi connectivity index (χ2n) is 2.66. The van der Waals surface area contributed by atoms with E-state index in [1.54, 1.807) is 0 Å². The Balaban J connectivity index is 2.98. The van der Waals surface area contributed by atoms with Crippen molar-refractivity contribution < 1.29 is 27.9 Å². The highest BCUT2D eigenvalue weighted by atomic mass is 19.4. The van der Waals surface area contributed by atoms with Crippen molar-refractivity contribution in [1.82, 2.24) is 4.98 Å². The summed E-state index contributed by atoms with van der Waals surface area (Å²) in [5.41, 5.74) is -1.16. The first-order chi connectivity index (χ1) is 7.32. The number of halogens is 3. The van der Waals surface area contributed by atoms with Crippen molar-refractivity contribution in [2.75, 3.05) is 5.32 Å². The van der Waals surface area contributed by atoms with Crippen LogP contribution in [0.15, 0.2) is 18.3 Å². The first-order valence-electron chi connectivity index (χ1n) is 3.89. The Bertz CT molecular complexity index is 431. The van der Waals surface area contributed by atoms with Crippen LogP contribution in [0.3, 0.4) is 0 Å². The summed E-state index contributed by atoms with van der Waals surface area (Å²) in [6.07, 6.45) is -3.99. The number of nitrogens with one attached hydrogen (secondary N) is 1. The number of anilines is 1. The van der Waals surface area contributed by atoms with Crippen LogP contribution < -0.4 is 5.32 Å². The van der Waals surface area contributed by atoms with Crippen molar-refractivity contribution in [3.8, 4) is 0 Å². The molecule has 8 heteroatoms. The van der Waals surface area contributed by atoms with Gasteiger partial charge in [0.05, 0.1) is 5.69 Å². The van der Waals surface area contributed by atoms with Crippen molar-refractivity contribution in [3.63, 3.8) is 0 Å². The molecular formula is C8H5F3N2O3. The minimum Gasteiger partial charge on any atom is -0.476 e. The number of amides is 1. The van der Waals surface area contributed by atoms with E-state index in [1.165, 1.54) is 11.4 Å². The highest BCUT2D eigenvalue weighted by Gasteiger charge is 2.39. The molecule has 0 aliphatic carbocycles. The summed E-state index contributed by atoms with van der Waals surface area (Å²) in [5.74, 6) is -3.78. The number of hydrogen-bond donors (Lipinski definition) is 2. The molecule has 1 rings (SSSR count). The van der Waals surface area contributed by atoms with Gasteiger partial charge in [0.15, 0.2) is 5.69 Å². The van der Waals surface area contributed by atoms with E-state index in [1.807, 2.05) is 0 Å². The summed E-state index contributed by atoms with van der Waals surface area (Å²) in [7, 11) is 0. The zero-order valence-electron chi connectivity index (χ0n) is 7.58. The number of carboxylic acid groups (broad SMARTS) is 1. The summed E-state index contributed by atoms with van der Waals surface area (Å²) in [6.45, 7) is 0. The summed E-state index contributed by atoms with van der Waals surface area (Å²) in [5, 5.41) is 10.0. The van der Waals surface area contributed by atoms with Gasteiger partial charge in [-0.1, -0.05) is 0 Å². The minimum atomic E-state index is -5.08. The molecule has 1 aromatic rings. The van der Waals surface area contributed by atoms with Gasteiger partial charge in [0.25, 0.3) is 0 Å². The fourth-order valence-corrected chi connectivity index (χ4v) is 0.870. The van der Waals surface area contributed by atoms with Crippen molar-refractivity contribution in [3.05, 3.63) is 24.0 Å². The van der Waals surface area contributed by atoms with E-state index in [2.05, 4.69) is 4.98 Å². The van der Waals surface area contributed by atoms with Gasteiger partial charge in [-0.25, -0.2) is 9.78 Å².